The van der Waals surface area contributed by atoms with E-state index in [1.165, 1.54) is 0 Å². The number of aromatic nitrogens is 2. The molecule has 0 saturated carbocycles. The molecule has 24 heavy (non-hydrogen) atoms. The Balaban J connectivity index is 1.74. The van der Waals surface area contributed by atoms with Crippen LogP contribution < -0.4 is 4.90 Å². The number of thiophene rings is 1. The van der Waals surface area contributed by atoms with Gasteiger partial charge in [0.05, 0.1) is 23.4 Å². The van der Waals surface area contributed by atoms with Crippen molar-refractivity contribution in [1.82, 2.24) is 14.9 Å². The lowest BCUT2D eigenvalue weighted by molar-refractivity contribution is -0.0171. The Morgan fingerprint density at radius 2 is 1.92 bits per heavy atom. The summed E-state index contributed by atoms with van der Waals surface area (Å²) in [7, 11) is 2.09. The molecule has 0 atom stereocenters. The Kier molecular flexibility index (Phi) is 4.38. The highest BCUT2D eigenvalue weighted by Gasteiger charge is 2.35. The minimum atomic E-state index is -0.771. The molecule has 0 aliphatic carbocycles. The van der Waals surface area contributed by atoms with Gasteiger partial charge in [-0.05, 0) is 37.6 Å². The molecule has 0 spiro atoms. The number of fused-ring (bicyclic) bond motifs is 1. The molecular formula is C16H21ClN4O2S. The van der Waals surface area contributed by atoms with Gasteiger partial charge in [-0.25, -0.2) is 4.98 Å². The van der Waals surface area contributed by atoms with Crippen molar-refractivity contribution in [2.75, 3.05) is 51.3 Å². The number of ether oxygens (including phenoxy) is 1. The quantitative estimate of drug-likeness (QED) is 0.819. The molecular weight excluding hydrogens is 348 g/mol. The molecule has 0 amide bonds. The van der Waals surface area contributed by atoms with Gasteiger partial charge >= 0.3 is 0 Å². The van der Waals surface area contributed by atoms with Gasteiger partial charge in [0.15, 0.2) is 5.82 Å². The van der Waals surface area contributed by atoms with Crippen molar-refractivity contribution < 1.29 is 9.84 Å². The average molecular weight is 369 g/mol. The number of morpholine rings is 1. The minimum Gasteiger partial charge on any atom is -0.384 e. The second kappa shape index (κ2) is 6.38. The van der Waals surface area contributed by atoms with E-state index in [1.54, 1.807) is 11.3 Å². The molecule has 130 valence electrons. The molecule has 6 nitrogen and oxygen atoms in total. The van der Waals surface area contributed by atoms with Crippen LogP contribution in [0.15, 0.2) is 6.07 Å². The second-order valence-electron chi connectivity index (χ2n) is 6.58. The molecule has 1 N–H and O–H groups in total. The third-order valence-electron chi connectivity index (χ3n) is 4.91. The van der Waals surface area contributed by atoms with Crippen LogP contribution in [0, 0.1) is 0 Å². The SMILES string of the molecule is CN1CCC(O)(c2cc3nc(Cl)nc(N4CCOCC4)c3s2)CC1. The van der Waals surface area contributed by atoms with Crippen LogP contribution in [0.2, 0.25) is 5.28 Å². The van der Waals surface area contributed by atoms with E-state index in [-0.39, 0.29) is 5.28 Å². The number of anilines is 1. The van der Waals surface area contributed by atoms with Crippen LogP contribution in [0.25, 0.3) is 10.2 Å². The first kappa shape index (κ1) is 16.5. The number of hydrogen-bond acceptors (Lipinski definition) is 7. The minimum absolute atomic E-state index is 0.253. The van der Waals surface area contributed by atoms with Crippen LogP contribution in [-0.4, -0.2) is 66.4 Å². The van der Waals surface area contributed by atoms with Gasteiger partial charge in [-0.3, -0.25) is 0 Å². The van der Waals surface area contributed by atoms with Crippen molar-refractivity contribution in [1.29, 1.82) is 0 Å². The number of nitrogens with zero attached hydrogens (tertiary/aromatic N) is 4. The van der Waals surface area contributed by atoms with Crippen LogP contribution in [0.5, 0.6) is 0 Å². The number of halogens is 1. The van der Waals surface area contributed by atoms with Gasteiger partial charge < -0.3 is 19.6 Å². The molecule has 4 heterocycles. The number of hydrogen-bond donors (Lipinski definition) is 1. The molecule has 8 heteroatoms. The van der Waals surface area contributed by atoms with E-state index in [9.17, 15) is 5.11 Å². The highest BCUT2D eigenvalue weighted by molar-refractivity contribution is 7.19. The van der Waals surface area contributed by atoms with Crippen LogP contribution >= 0.6 is 22.9 Å². The zero-order valence-corrected chi connectivity index (χ0v) is 15.2. The van der Waals surface area contributed by atoms with E-state index < -0.39 is 5.60 Å². The van der Waals surface area contributed by atoms with Gasteiger partial charge in [0.1, 0.15) is 5.60 Å². The molecule has 4 rings (SSSR count). The van der Waals surface area contributed by atoms with E-state index >= 15 is 0 Å². The summed E-state index contributed by atoms with van der Waals surface area (Å²) in [5.41, 5.74) is 0.0518. The predicted molar refractivity (Wildman–Crippen MR) is 96.1 cm³/mol. The van der Waals surface area contributed by atoms with E-state index in [1.807, 2.05) is 6.07 Å². The average Bonchev–Trinajstić information content (AvgIpc) is 3.02. The normalized spacial score (nSPS) is 22.2. The molecule has 2 aromatic rings. The Morgan fingerprint density at radius 3 is 2.62 bits per heavy atom. The smallest absolute Gasteiger partial charge is 0.224 e. The molecule has 2 fully saturated rings. The fourth-order valence-corrected chi connectivity index (χ4v) is 4.77. The van der Waals surface area contributed by atoms with Crippen LogP contribution in [-0.2, 0) is 10.3 Å². The fourth-order valence-electron chi connectivity index (χ4n) is 3.34. The molecule has 2 aromatic heterocycles. The number of aliphatic hydroxyl groups is 1. The van der Waals surface area contributed by atoms with Gasteiger partial charge in [0, 0.05) is 31.1 Å². The van der Waals surface area contributed by atoms with Crippen molar-refractivity contribution >= 4 is 39.0 Å². The second-order valence-corrected chi connectivity index (χ2v) is 7.97. The molecule has 0 radical (unpaired) electrons. The maximum atomic E-state index is 11.1. The largest absolute Gasteiger partial charge is 0.384 e. The summed E-state index contributed by atoms with van der Waals surface area (Å²) in [6, 6.07) is 1.99. The van der Waals surface area contributed by atoms with Crippen molar-refractivity contribution in [3.8, 4) is 0 Å². The lowest BCUT2D eigenvalue weighted by Gasteiger charge is -2.35. The van der Waals surface area contributed by atoms with E-state index in [4.69, 9.17) is 16.3 Å². The monoisotopic (exact) mass is 368 g/mol. The fraction of sp³-hybridized carbons (Fsp3) is 0.625. The first-order chi connectivity index (χ1) is 11.5. The van der Waals surface area contributed by atoms with Crippen molar-refractivity contribution in [3.63, 3.8) is 0 Å². The molecule has 2 saturated heterocycles. The molecule has 2 aliphatic heterocycles. The van der Waals surface area contributed by atoms with E-state index in [0.717, 1.165) is 59.9 Å². The lowest BCUT2D eigenvalue weighted by Crippen LogP contribution is -2.40. The van der Waals surface area contributed by atoms with Gasteiger partial charge in [-0.2, -0.15) is 4.98 Å². The number of likely N-dealkylation sites (tertiary alicyclic amines) is 1. The summed E-state index contributed by atoms with van der Waals surface area (Å²) in [5, 5.41) is 11.4. The summed E-state index contributed by atoms with van der Waals surface area (Å²) in [5.74, 6) is 0.862. The molecule has 2 aliphatic rings. The van der Waals surface area contributed by atoms with Gasteiger partial charge in [-0.1, -0.05) is 0 Å². The lowest BCUT2D eigenvalue weighted by atomic mass is 9.90. The topological polar surface area (TPSA) is 61.7 Å². The zero-order valence-electron chi connectivity index (χ0n) is 13.7. The highest BCUT2D eigenvalue weighted by Crippen LogP contribution is 2.41. The summed E-state index contributed by atoms with van der Waals surface area (Å²) >= 11 is 7.75. The Labute approximate surface area is 150 Å². The third-order valence-corrected chi connectivity index (χ3v) is 6.39. The maximum Gasteiger partial charge on any atom is 0.224 e. The summed E-state index contributed by atoms with van der Waals surface area (Å²) in [6.45, 7) is 4.77. The van der Waals surface area contributed by atoms with Gasteiger partial charge in [-0.15, -0.1) is 11.3 Å². The predicted octanol–water partition coefficient (Wildman–Crippen LogP) is 2.09. The standard InChI is InChI=1S/C16H21ClN4O2S/c1-20-4-2-16(22,3-5-20)12-10-11-13(24-12)14(19-15(17)18-11)21-6-8-23-9-7-21/h10,22H,2-9H2,1H3. The summed E-state index contributed by atoms with van der Waals surface area (Å²) in [6.07, 6.45) is 1.48. The van der Waals surface area contributed by atoms with E-state index in [2.05, 4.69) is 26.8 Å². The number of piperidine rings is 1. The first-order valence-corrected chi connectivity index (χ1v) is 9.46. The first-order valence-electron chi connectivity index (χ1n) is 8.26. The molecule has 0 aromatic carbocycles. The summed E-state index contributed by atoms with van der Waals surface area (Å²) < 4.78 is 6.43. The molecule has 0 bridgehead atoms. The van der Waals surface area contributed by atoms with Crippen molar-refractivity contribution in [3.05, 3.63) is 16.2 Å². The Bertz CT molecular complexity index is 739. The Morgan fingerprint density at radius 1 is 1.21 bits per heavy atom. The zero-order chi connectivity index (χ0) is 16.7. The summed E-state index contributed by atoms with van der Waals surface area (Å²) in [4.78, 5) is 14.3. The van der Waals surface area contributed by atoms with Crippen LogP contribution in [0.3, 0.4) is 0 Å². The highest BCUT2D eigenvalue weighted by atomic mass is 35.5. The molecule has 0 unspecified atom stereocenters. The van der Waals surface area contributed by atoms with Gasteiger partial charge in [0.25, 0.3) is 0 Å². The van der Waals surface area contributed by atoms with Crippen molar-refractivity contribution in [2.24, 2.45) is 0 Å². The maximum absolute atomic E-state index is 11.1. The van der Waals surface area contributed by atoms with E-state index in [0.29, 0.717) is 13.2 Å². The number of rotatable bonds is 2. The van der Waals surface area contributed by atoms with Crippen molar-refractivity contribution in [2.45, 2.75) is 18.4 Å². The van der Waals surface area contributed by atoms with Crippen LogP contribution in [0.4, 0.5) is 5.82 Å². The third kappa shape index (κ3) is 2.99. The Hall–Kier alpha value is -0.990. The van der Waals surface area contributed by atoms with Gasteiger partial charge in [0.2, 0.25) is 5.28 Å². The van der Waals surface area contributed by atoms with Crippen LogP contribution in [0.1, 0.15) is 17.7 Å².